The molecule has 1 saturated carbocycles. The lowest BCUT2D eigenvalue weighted by molar-refractivity contribution is -0.0508. The van der Waals surface area contributed by atoms with Crippen LogP contribution in [-0.2, 0) is 9.47 Å². The first-order valence-corrected chi connectivity index (χ1v) is 6.73. The van der Waals surface area contributed by atoms with Gasteiger partial charge in [0, 0.05) is 5.92 Å². The van der Waals surface area contributed by atoms with E-state index in [9.17, 15) is 0 Å². The zero-order valence-corrected chi connectivity index (χ0v) is 11.4. The highest BCUT2D eigenvalue weighted by Gasteiger charge is 2.16. The first kappa shape index (κ1) is 14.0. The maximum absolute atomic E-state index is 5.93. The van der Waals surface area contributed by atoms with Crippen LogP contribution in [0, 0.1) is 5.92 Å². The van der Waals surface area contributed by atoms with E-state index in [1.54, 1.807) is 0 Å². The minimum Gasteiger partial charge on any atom is -0.378 e. The fraction of sp³-hybridized carbons (Fsp3) is 1.00. The van der Waals surface area contributed by atoms with Crippen molar-refractivity contribution < 1.29 is 9.47 Å². The van der Waals surface area contributed by atoms with Gasteiger partial charge >= 0.3 is 0 Å². The smallest absolute Gasteiger partial charge is 0.0598 e. The van der Waals surface area contributed by atoms with Gasteiger partial charge in [0.2, 0.25) is 0 Å². The molecule has 1 aliphatic rings. The van der Waals surface area contributed by atoms with E-state index >= 15 is 0 Å². The monoisotopic (exact) mass is 228 g/mol. The minimum atomic E-state index is -0.0287. The summed E-state index contributed by atoms with van der Waals surface area (Å²) in [6.45, 7) is 10.1. The first-order valence-electron chi connectivity index (χ1n) is 6.73. The number of hydrogen-bond acceptors (Lipinski definition) is 2. The summed E-state index contributed by atoms with van der Waals surface area (Å²) in [6, 6.07) is 0. The van der Waals surface area contributed by atoms with Gasteiger partial charge in [-0.25, -0.2) is 0 Å². The summed E-state index contributed by atoms with van der Waals surface area (Å²) in [5, 5.41) is 0. The summed E-state index contributed by atoms with van der Waals surface area (Å²) < 4.78 is 11.7. The third-order valence-electron chi connectivity index (χ3n) is 2.97. The van der Waals surface area contributed by atoms with Gasteiger partial charge in [-0.3, -0.25) is 0 Å². The largest absolute Gasteiger partial charge is 0.378 e. The molecule has 0 aromatic rings. The quantitative estimate of drug-likeness (QED) is 0.713. The second kappa shape index (κ2) is 6.61. The second-order valence-electron chi connectivity index (χ2n) is 6.12. The SMILES string of the molecule is CC(COC1CCCCC1)COC(C)(C)C. The topological polar surface area (TPSA) is 18.5 Å². The van der Waals surface area contributed by atoms with Crippen molar-refractivity contribution in [3.05, 3.63) is 0 Å². The van der Waals surface area contributed by atoms with Crippen molar-refractivity contribution >= 4 is 0 Å². The van der Waals surface area contributed by atoms with Crippen molar-refractivity contribution in [2.45, 2.75) is 71.5 Å². The van der Waals surface area contributed by atoms with E-state index in [2.05, 4.69) is 27.7 Å². The second-order valence-corrected chi connectivity index (χ2v) is 6.12. The minimum absolute atomic E-state index is 0.0287. The Balaban J connectivity index is 2.07. The molecule has 2 heteroatoms. The molecule has 0 radical (unpaired) electrons. The Kier molecular flexibility index (Phi) is 5.77. The Labute approximate surface area is 101 Å². The summed E-state index contributed by atoms with van der Waals surface area (Å²) in [4.78, 5) is 0. The molecule has 0 aromatic heterocycles. The molecule has 0 aromatic carbocycles. The molecule has 1 unspecified atom stereocenters. The van der Waals surface area contributed by atoms with Crippen molar-refractivity contribution in [3.8, 4) is 0 Å². The molecule has 0 bridgehead atoms. The third kappa shape index (κ3) is 6.49. The molecule has 16 heavy (non-hydrogen) atoms. The Bertz CT molecular complexity index is 178. The molecule has 1 atom stereocenters. The van der Waals surface area contributed by atoms with Gasteiger partial charge in [-0.1, -0.05) is 26.2 Å². The summed E-state index contributed by atoms with van der Waals surface area (Å²) in [5.41, 5.74) is -0.0287. The van der Waals surface area contributed by atoms with Gasteiger partial charge in [-0.2, -0.15) is 0 Å². The van der Waals surface area contributed by atoms with Crippen LogP contribution in [0.2, 0.25) is 0 Å². The van der Waals surface area contributed by atoms with Crippen molar-refractivity contribution in [1.82, 2.24) is 0 Å². The van der Waals surface area contributed by atoms with Crippen LogP contribution in [0.5, 0.6) is 0 Å². The standard InChI is InChI=1S/C14H28O2/c1-12(11-16-14(2,3)4)10-15-13-8-6-5-7-9-13/h12-13H,5-11H2,1-4H3. The number of hydrogen-bond donors (Lipinski definition) is 0. The molecule has 1 rings (SSSR count). The fourth-order valence-corrected chi connectivity index (χ4v) is 1.97. The van der Waals surface area contributed by atoms with Gasteiger partial charge in [0.05, 0.1) is 24.9 Å². The van der Waals surface area contributed by atoms with E-state index < -0.39 is 0 Å². The van der Waals surface area contributed by atoms with Gasteiger partial charge < -0.3 is 9.47 Å². The summed E-state index contributed by atoms with van der Waals surface area (Å²) >= 11 is 0. The molecule has 0 heterocycles. The van der Waals surface area contributed by atoms with Gasteiger partial charge in [-0.05, 0) is 33.6 Å². The summed E-state index contributed by atoms with van der Waals surface area (Å²) in [5.74, 6) is 0.501. The number of rotatable bonds is 5. The Morgan fingerprint density at radius 2 is 1.69 bits per heavy atom. The molecule has 0 N–H and O–H groups in total. The van der Waals surface area contributed by atoms with Crippen LogP contribution in [0.3, 0.4) is 0 Å². The highest BCUT2D eigenvalue weighted by molar-refractivity contribution is 4.66. The predicted molar refractivity (Wildman–Crippen MR) is 67.7 cm³/mol. The van der Waals surface area contributed by atoms with Gasteiger partial charge in [0.15, 0.2) is 0 Å². The van der Waals surface area contributed by atoms with Crippen molar-refractivity contribution in [1.29, 1.82) is 0 Å². The maximum Gasteiger partial charge on any atom is 0.0598 e. The molecular weight excluding hydrogens is 200 g/mol. The van der Waals surface area contributed by atoms with E-state index in [4.69, 9.17) is 9.47 Å². The van der Waals surface area contributed by atoms with E-state index in [-0.39, 0.29) is 5.60 Å². The van der Waals surface area contributed by atoms with E-state index in [1.165, 1.54) is 32.1 Å². The highest BCUT2D eigenvalue weighted by atomic mass is 16.5. The summed E-state index contributed by atoms with van der Waals surface area (Å²) in [6.07, 6.45) is 7.11. The molecule has 0 aliphatic heterocycles. The maximum atomic E-state index is 5.93. The predicted octanol–water partition coefficient (Wildman–Crippen LogP) is 3.79. The van der Waals surface area contributed by atoms with Crippen LogP contribution >= 0.6 is 0 Å². The van der Waals surface area contributed by atoms with Gasteiger partial charge in [-0.15, -0.1) is 0 Å². The van der Waals surface area contributed by atoms with E-state index in [1.807, 2.05) is 0 Å². The Morgan fingerprint density at radius 1 is 1.06 bits per heavy atom. The van der Waals surface area contributed by atoms with Crippen molar-refractivity contribution in [2.24, 2.45) is 5.92 Å². The third-order valence-corrected chi connectivity index (χ3v) is 2.97. The van der Waals surface area contributed by atoms with Gasteiger partial charge in [0.1, 0.15) is 0 Å². The van der Waals surface area contributed by atoms with E-state index in [0.717, 1.165) is 13.2 Å². The molecule has 0 amide bonds. The van der Waals surface area contributed by atoms with Crippen LogP contribution in [0.4, 0.5) is 0 Å². The first-order chi connectivity index (χ1) is 7.47. The lowest BCUT2D eigenvalue weighted by atomic mass is 9.98. The number of ether oxygens (including phenoxy) is 2. The lowest BCUT2D eigenvalue weighted by Crippen LogP contribution is -2.26. The van der Waals surface area contributed by atoms with Crippen LogP contribution < -0.4 is 0 Å². The molecular formula is C14H28O2. The molecule has 1 fully saturated rings. The van der Waals surface area contributed by atoms with Crippen molar-refractivity contribution in [2.75, 3.05) is 13.2 Å². The molecule has 1 aliphatic carbocycles. The van der Waals surface area contributed by atoms with Crippen molar-refractivity contribution in [3.63, 3.8) is 0 Å². The van der Waals surface area contributed by atoms with Crippen LogP contribution in [-0.4, -0.2) is 24.9 Å². The molecule has 2 nitrogen and oxygen atoms in total. The average Bonchev–Trinajstić information content (AvgIpc) is 2.24. The average molecular weight is 228 g/mol. The highest BCUT2D eigenvalue weighted by Crippen LogP contribution is 2.21. The van der Waals surface area contributed by atoms with Gasteiger partial charge in [0.25, 0.3) is 0 Å². The fourth-order valence-electron chi connectivity index (χ4n) is 1.97. The zero-order valence-electron chi connectivity index (χ0n) is 11.4. The van der Waals surface area contributed by atoms with Crippen LogP contribution in [0.15, 0.2) is 0 Å². The van der Waals surface area contributed by atoms with E-state index in [0.29, 0.717) is 12.0 Å². The van der Waals surface area contributed by atoms with Crippen LogP contribution in [0.25, 0.3) is 0 Å². The molecule has 0 spiro atoms. The Hall–Kier alpha value is -0.0800. The molecule has 0 saturated heterocycles. The molecule has 96 valence electrons. The summed E-state index contributed by atoms with van der Waals surface area (Å²) in [7, 11) is 0. The normalized spacial score (nSPS) is 21.0. The Morgan fingerprint density at radius 3 is 2.25 bits per heavy atom. The van der Waals surface area contributed by atoms with Crippen LogP contribution in [0.1, 0.15) is 59.8 Å². The zero-order chi connectivity index (χ0) is 12.0. The lowest BCUT2D eigenvalue weighted by Gasteiger charge is -2.26.